The van der Waals surface area contributed by atoms with Crippen LogP contribution in [0.15, 0.2) is 30.3 Å². The van der Waals surface area contributed by atoms with Gasteiger partial charge in [-0.2, -0.15) is 0 Å². The van der Waals surface area contributed by atoms with Crippen molar-refractivity contribution in [2.75, 3.05) is 0 Å². The monoisotopic (exact) mass is 449 g/mol. The van der Waals surface area contributed by atoms with Crippen LogP contribution in [0.2, 0.25) is 0 Å². The van der Waals surface area contributed by atoms with E-state index < -0.39 is 41.6 Å². The summed E-state index contributed by atoms with van der Waals surface area (Å²) in [5.41, 5.74) is 5.52. The minimum Gasteiger partial charge on any atom is -0.461 e. The lowest BCUT2D eigenvalue weighted by Gasteiger charge is -2.25. The Morgan fingerprint density at radius 2 is 1.62 bits per heavy atom. The number of benzene rings is 1. The zero-order valence-electron chi connectivity index (χ0n) is 19.5. The molecule has 2 atom stereocenters. The first-order chi connectivity index (χ1) is 14.9. The Morgan fingerprint density at radius 3 is 2.16 bits per heavy atom. The van der Waals surface area contributed by atoms with Crippen LogP contribution in [-0.4, -0.2) is 41.6 Å². The number of esters is 1. The van der Waals surface area contributed by atoms with E-state index in [-0.39, 0.29) is 25.4 Å². The Bertz CT molecular complexity index is 774. The summed E-state index contributed by atoms with van der Waals surface area (Å²) in [6.45, 7) is 9.04. The molecule has 0 saturated heterocycles. The molecule has 0 aliphatic carbocycles. The van der Waals surface area contributed by atoms with Crippen molar-refractivity contribution in [2.24, 2.45) is 11.7 Å². The fourth-order valence-corrected chi connectivity index (χ4v) is 2.78. The van der Waals surface area contributed by atoms with Gasteiger partial charge in [-0.25, -0.2) is 4.79 Å². The van der Waals surface area contributed by atoms with Crippen LogP contribution < -0.4 is 16.4 Å². The van der Waals surface area contributed by atoms with E-state index in [1.807, 2.05) is 44.2 Å². The molecule has 0 fully saturated rings. The van der Waals surface area contributed by atoms with Crippen molar-refractivity contribution in [1.82, 2.24) is 10.6 Å². The number of ether oxygens (including phenoxy) is 2. The van der Waals surface area contributed by atoms with Crippen LogP contribution in [0, 0.1) is 5.92 Å². The average molecular weight is 450 g/mol. The van der Waals surface area contributed by atoms with E-state index in [1.54, 1.807) is 20.8 Å². The lowest BCUT2D eigenvalue weighted by molar-refractivity contribution is -0.145. The smallest absolute Gasteiger partial charge is 0.408 e. The predicted molar refractivity (Wildman–Crippen MR) is 119 cm³/mol. The van der Waals surface area contributed by atoms with Crippen LogP contribution in [0.4, 0.5) is 4.79 Å². The maximum atomic E-state index is 12.7. The van der Waals surface area contributed by atoms with Gasteiger partial charge in [-0.3, -0.25) is 14.4 Å². The second-order valence-electron chi connectivity index (χ2n) is 8.98. The molecule has 0 spiro atoms. The van der Waals surface area contributed by atoms with Gasteiger partial charge in [0.2, 0.25) is 11.8 Å². The van der Waals surface area contributed by atoms with Gasteiger partial charge in [0.25, 0.3) is 0 Å². The van der Waals surface area contributed by atoms with Gasteiger partial charge in [-0.15, -0.1) is 0 Å². The van der Waals surface area contributed by atoms with E-state index in [4.69, 9.17) is 15.2 Å². The molecule has 178 valence electrons. The third-order valence-electron chi connectivity index (χ3n) is 4.25. The standard InChI is InChI=1S/C23H35N3O6/c1-15(2)13-18(26-22(30)32-23(3,4)5)21(29)25-17(20(24)28)11-12-19(27)31-14-16-9-7-6-8-10-16/h6-10,15,17-18H,11-14H2,1-5H3,(H2,24,28)(H,25,29)(H,26,30)/t17-,18+/m1/s1. The van der Waals surface area contributed by atoms with Crippen molar-refractivity contribution in [1.29, 1.82) is 0 Å². The molecule has 4 N–H and O–H groups in total. The highest BCUT2D eigenvalue weighted by Gasteiger charge is 2.28. The summed E-state index contributed by atoms with van der Waals surface area (Å²) < 4.78 is 10.4. The van der Waals surface area contributed by atoms with E-state index in [9.17, 15) is 19.2 Å². The molecule has 9 nitrogen and oxygen atoms in total. The lowest BCUT2D eigenvalue weighted by atomic mass is 10.0. The number of hydrogen-bond acceptors (Lipinski definition) is 6. The summed E-state index contributed by atoms with van der Waals surface area (Å²) in [5.74, 6) is -1.79. The quantitative estimate of drug-likeness (QED) is 0.444. The van der Waals surface area contributed by atoms with E-state index >= 15 is 0 Å². The normalized spacial score (nSPS) is 13.1. The molecule has 0 radical (unpaired) electrons. The number of carbonyl (C=O) groups is 4. The highest BCUT2D eigenvalue weighted by molar-refractivity contribution is 5.91. The molecule has 3 amide bonds. The summed E-state index contributed by atoms with van der Waals surface area (Å²) >= 11 is 0. The van der Waals surface area contributed by atoms with Gasteiger partial charge < -0.3 is 25.8 Å². The molecule has 0 bridgehead atoms. The maximum Gasteiger partial charge on any atom is 0.408 e. The molecule has 0 aromatic heterocycles. The number of nitrogens with two attached hydrogens (primary N) is 1. The molecule has 9 heteroatoms. The Labute approximate surface area is 189 Å². The van der Waals surface area contributed by atoms with Crippen molar-refractivity contribution < 1.29 is 28.7 Å². The molecule has 0 aliphatic rings. The zero-order valence-corrected chi connectivity index (χ0v) is 19.5. The molecule has 0 aliphatic heterocycles. The maximum absolute atomic E-state index is 12.7. The van der Waals surface area contributed by atoms with Crippen LogP contribution in [0.3, 0.4) is 0 Å². The van der Waals surface area contributed by atoms with E-state index in [2.05, 4.69) is 10.6 Å². The minimum atomic E-state index is -1.08. The number of rotatable bonds is 11. The Morgan fingerprint density at radius 1 is 1.00 bits per heavy atom. The molecular weight excluding hydrogens is 414 g/mol. The van der Waals surface area contributed by atoms with Crippen molar-refractivity contribution in [2.45, 2.75) is 78.2 Å². The van der Waals surface area contributed by atoms with Gasteiger partial charge in [0, 0.05) is 6.42 Å². The second-order valence-corrected chi connectivity index (χ2v) is 8.98. The molecule has 0 saturated carbocycles. The van der Waals surface area contributed by atoms with Crippen LogP contribution in [0.5, 0.6) is 0 Å². The average Bonchev–Trinajstić information content (AvgIpc) is 2.67. The highest BCUT2D eigenvalue weighted by Crippen LogP contribution is 2.11. The Balaban J connectivity index is 2.65. The highest BCUT2D eigenvalue weighted by atomic mass is 16.6. The van der Waals surface area contributed by atoms with Crippen LogP contribution in [-0.2, 0) is 30.5 Å². The summed E-state index contributed by atoms with van der Waals surface area (Å²) in [4.78, 5) is 48.7. The molecular formula is C23H35N3O6. The van der Waals surface area contributed by atoms with Crippen LogP contribution in [0.1, 0.15) is 59.4 Å². The number of alkyl carbamates (subject to hydrolysis) is 1. The van der Waals surface area contributed by atoms with Gasteiger partial charge in [-0.1, -0.05) is 44.2 Å². The van der Waals surface area contributed by atoms with Crippen molar-refractivity contribution in [3.63, 3.8) is 0 Å². The van der Waals surface area contributed by atoms with Crippen molar-refractivity contribution in [3.05, 3.63) is 35.9 Å². The molecule has 1 aromatic carbocycles. The van der Waals surface area contributed by atoms with Gasteiger partial charge in [0.1, 0.15) is 24.3 Å². The molecule has 0 unspecified atom stereocenters. The Kier molecular flexibility index (Phi) is 10.7. The van der Waals surface area contributed by atoms with Gasteiger partial charge in [-0.05, 0) is 45.1 Å². The number of nitrogens with one attached hydrogen (secondary N) is 2. The van der Waals surface area contributed by atoms with Crippen molar-refractivity contribution in [3.8, 4) is 0 Å². The van der Waals surface area contributed by atoms with Crippen molar-refractivity contribution >= 4 is 23.9 Å². The largest absolute Gasteiger partial charge is 0.461 e. The van der Waals surface area contributed by atoms with Crippen LogP contribution in [0.25, 0.3) is 0 Å². The second kappa shape index (κ2) is 12.7. The third kappa shape index (κ3) is 11.3. The molecule has 32 heavy (non-hydrogen) atoms. The molecule has 1 aromatic rings. The summed E-state index contributed by atoms with van der Waals surface area (Å²) in [6, 6.07) is 7.17. The van der Waals surface area contributed by atoms with E-state index in [1.165, 1.54) is 0 Å². The SMILES string of the molecule is CC(C)C[C@H](NC(=O)OC(C)(C)C)C(=O)N[C@H](CCC(=O)OCc1ccccc1)C(N)=O. The van der Waals surface area contributed by atoms with E-state index in [0.29, 0.717) is 6.42 Å². The molecule has 0 heterocycles. The summed E-state index contributed by atoms with van der Waals surface area (Å²) in [7, 11) is 0. The fourth-order valence-electron chi connectivity index (χ4n) is 2.78. The van der Waals surface area contributed by atoms with Gasteiger partial charge >= 0.3 is 12.1 Å². The number of primary amides is 1. The number of carbonyl (C=O) groups excluding carboxylic acids is 4. The predicted octanol–water partition coefficient (Wildman–Crippen LogP) is 2.42. The van der Waals surface area contributed by atoms with Gasteiger partial charge in [0.05, 0.1) is 0 Å². The Hall–Kier alpha value is -3.10. The first-order valence-electron chi connectivity index (χ1n) is 10.7. The summed E-state index contributed by atoms with van der Waals surface area (Å²) in [5, 5.41) is 5.06. The number of amides is 3. The molecule has 1 rings (SSSR count). The fraction of sp³-hybridized carbons (Fsp3) is 0.565. The van der Waals surface area contributed by atoms with Crippen LogP contribution >= 0.6 is 0 Å². The summed E-state index contributed by atoms with van der Waals surface area (Å²) in [6.07, 6.45) is -0.529. The first-order valence-corrected chi connectivity index (χ1v) is 10.7. The van der Waals surface area contributed by atoms with E-state index in [0.717, 1.165) is 5.56 Å². The zero-order chi connectivity index (χ0) is 24.3. The lowest BCUT2D eigenvalue weighted by Crippen LogP contribution is -2.54. The topological polar surface area (TPSA) is 137 Å². The van der Waals surface area contributed by atoms with Gasteiger partial charge in [0.15, 0.2) is 0 Å². The third-order valence-corrected chi connectivity index (χ3v) is 4.25. The minimum absolute atomic E-state index is 0.0183. The first kappa shape index (κ1) is 26.9. The number of hydrogen-bond donors (Lipinski definition) is 3.